The lowest BCUT2D eigenvalue weighted by atomic mass is 10.0. The Hall–Kier alpha value is -1.53. The summed E-state index contributed by atoms with van der Waals surface area (Å²) in [5.74, 6) is 0. The van der Waals surface area contributed by atoms with Gasteiger partial charge in [0.05, 0.1) is 12.5 Å². The Balaban J connectivity index is 2.19. The summed E-state index contributed by atoms with van der Waals surface area (Å²) in [7, 11) is 0. The first-order valence-corrected chi connectivity index (χ1v) is 6.56. The molecule has 0 amide bonds. The highest BCUT2D eigenvalue weighted by Gasteiger charge is 2.24. The third-order valence-corrected chi connectivity index (χ3v) is 3.81. The predicted octanol–water partition coefficient (Wildman–Crippen LogP) is 2.38. The van der Waals surface area contributed by atoms with Gasteiger partial charge in [-0.3, -0.25) is 0 Å². The van der Waals surface area contributed by atoms with Crippen LogP contribution in [-0.4, -0.2) is 25.2 Å². The molecule has 96 valence electrons. The Morgan fingerprint density at radius 2 is 2.17 bits per heavy atom. The fourth-order valence-electron chi connectivity index (χ4n) is 2.44. The maximum atomic E-state index is 8.81. The summed E-state index contributed by atoms with van der Waals surface area (Å²) in [4.78, 5) is 2.41. The van der Waals surface area contributed by atoms with E-state index in [1.807, 2.05) is 0 Å². The van der Waals surface area contributed by atoms with Gasteiger partial charge in [0.25, 0.3) is 0 Å². The average Bonchev–Trinajstić information content (AvgIpc) is 2.35. The van der Waals surface area contributed by atoms with Crippen LogP contribution in [0.25, 0.3) is 0 Å². The van der Waals surface area contributed by atoms with E-state index in [0.29, 0.717) is 12.5 Å². The maximum absolute atomic E-state index is 8.81. The third kappa shape index (κ3) is 2.65. The third-order valence-electron chi connectivity index (χ3n) is 3.81. The molecule has 2 rings (SSSR count). The van der Waals surface area contributed by atoms with Crippen LogP contribution in [0.4, 0.5) is 5.69 Å². The molecular formula is C15H21N3. The van der Waals surface area contributed by atoms with E-state index in [2.05, 4.69) is 55.3 Å². The Morgan fingerprint density at radius 1 is 1.39 bits per heavy atom. The Morgan fingerprint density at radius 3 is 2.83 bits per heavy atom. The van der Waals surface area contributed by atoms with Crippen molar-refractivity contribution in [2.75, 3.05) is 18.0 Å². The van der Waals surface area contributed by atoms with E-state index in [9.17, 15) is 0 Å². The fourth-order valence-corrected chi connectivity index (χ4v) is 2.44. The molecule has 3 nitrogen and oxygen atoms in total. The number of benzene rings is 1. The lowest BCUT2D eigenvalue weighted by molar-refractivity contribution is 0.409. The molecular weight excluding hydrogens is 222 g/mol. The number of rotatable bonds is 2. The quantitative estimate of drug-likeness (QED) is 0.867. The highest BCUT2D eigenvalue weighted by Crippen LogP contribution is 2.23. The molecule has 0 saturated carbocycles. The van der Waals surface area contributed by atoms with Gasteiger partial charge in [-0.2, -0.15) is 5.26 Å². The molecule has 0 spiro atoms. The molecule has 2 unspecified atom stereocenters. The van der Waals surface area contributed by atoms with Crippen LogP contribution >= 0.6 is 0 Å². The summed E-state index contributed by atoms with van der Waals surface area (Å²) in [6.45, 7) is 8.37. The van der Waals surface area contributed by atoms with Gasteiger partial charge in [0.1, 0.15) is 0 Å². The zero-order valence-corrected chi connectivity index (χ0v) is 11.4. The first kappa shape index (κ1) is 12.9. The van der Waals surface area contributed by atoms with Gasteiger partial charge in [-0.25, -0.2) is 0 Å². The van der Waals surface area contributed by atoms with Crippen LogP contribution in [0.15, 0.2) is 18.2 Å². The second-order valence-corrected chi connectivity index (χ2v) is 5.24. The molecule has 1 fully saturated rings. The summed E-state index contributed by atoms with van der Waals surface area (Å²) in [5.41, 5.74) is 3.93. The molecule has 0 aliphatic carbocycles. The summed E-state index contributed by atoms with van der Waals surface area (Å²) < 4.78 is 0. The Bertz CT molecular complexity index is 461. The van der Waals surface area contributed by atoms with Gasteiger partial charge >= 0.3 is 0 Å². The van der Waals surface area contributed by atoms with Crippen molar-refractivity contribution < 1.29 is 0 Å². The van der Waals surface area contributed by atoms with Gasteiger partial charge in [-0.05, 0) is 44.0 Å². The van der Waals surface area contributed by atoms with Crippen molar-refractivity contribution in [2.45, 2.75) is 39.3 Å². The summed E-state index contributed by atoms with van der Waals surface area (Å²) in [6, 6.07) is 9.63. The van der Waals surface area contributed by atoms with Crippen molar-refractivity contribution in [3.05, 3.63) is 29.3 Å². The molecule has 2 atom stereocenters. The number of anilines is 1. The van der Waals surface area contributed by atoms with E-state index in [1.54, 1.807) is 0 Å². The van der Waals surface area contributed by atoms with Crippen LogP contribution in [-0.2, 0) is 0 Å². The minimum atomic E-state index is 0.285. The van der Waals surface area contributed by atoms with Crippen molar-refractivity contribution in [1.29, 1.82) is 5.26 Å². The Labute approximate surface area is 109 Å². The maximum Gasteiger partial charge on any atom is 0.0638 e. The SMILES string of the molecule is Cc1ccc(N2CC(CC#N)NCC2C)cc1C. The van der Waals surface area contributed by atoms with E-state index in [1.165, 1.54) is 16.8 Å². The molecule has 1 N–H and O–H groups in total. The topological polar surface area (TPSA) is 39.1 Å². The van der Waals surface area contributed by atoms with Gasteiger partial charge in [-0.15, -0.1) is 0 Å². The van der Waals surface area contributed by atoms with E-state index in [-0.39, 0.29) is 6.04 Å². The Kier molecular flexibility index (Phi) is 3.88. The minimum absolute atomic E-state index is 0.285. The molecule has 1 aliphatic rings. The summed E-state index contributed by atoms with van der Waals surface area (Å²) >= 11 is 0. The van der Waals surface area contributed by atoms with E-state index in [0.717, 1.165) is 13.1 Å². The second-order valence-electron chi connectivity index (χ2n) is 5.24. The van der Waals surface area contributed by atoms with Crippen LogP contribution < -0.4 is 10.2 Å². The van der Waals surface area contributed by atoms with E-state index in [4.69, 9.17) is 5.26 Å². The number of hydrogen-bond donors (Lipinski definition) is 1. The molecule has 1 saturated heterocycles. The van der Waals surface area contributed by atoms with Crippen LogP contribution in [0.1, 0.15) is 24.5 Å². The van der Waals surface area contributed by atoms with Gasteiger partial charge in [0.15, 0.2) is 0 Å². The van der Waals surface area contributed by atoms with Crippen molar-refractivity contribution in [3.8, 4) is 6.07 Å². The first-order chi connectivity index (χ1) is 8.61. The molecule has 0 bridgehead atoms. The highest BCUT2D eigenvalue weighted by molar-refractivity contribution is 5.52. The molecule has 1 aliphatic heterocycles. The van der Waals surface area contributed by atoms with Crippen molar-refractivity contribution in [3.63, 3.8) is 0 Å². The number of nitriles is 1. The van der Waals surface area contributed by atoms with Crippen molar-refractivity contribution in [2.24, 2.45) is 0 Å². The molecule has 0 radical (unpaired) electrons. The predicted molar refractivity (Wildman–Crippen MR) is 74.7 cm³/mol. The first-order valence-electron chi connectivity index (χ1n) is 6.56. The van der Waals surface area contributed by atoms with Gasteiger partial charge < -0.3 is 10.2 Å². The molecule has 1 aromatic rings. The fraction of sp³-hybridized carbons (Fsp3) is 0.533. The molecule has 1 heterocycles. The van der Waals surface area contributed by atoms with Crippen LogP contribution in [0.5, 0.6) is 0 Å². The van der Waals surface area contributed by atoms with Gasteiger partial charge in [0.2, 0.25) is 0 Å². The van der Waals surface area contributed by atoms with Gasteiger partial charge in [0, 0.05) is 30.9 Å². The van der Waals surface area contributed by atoms with E-state index < -0.39 is 0 Å². The number of nitrogens with zero attached hydrogens (tertiary/aromatic N) is 2. The standard InChI is InChI=1S/C15H21N3/c1-11-4-5-15(8-12(11)2)18-10-14(6-7-16)17-9-13(18)3/h4-5,8,13-14,17H,6,9-10H2,1-3H3. The normalized spacial score (nSPS) is 23.8. The highest BCUT2D eigenvalue weighted by atomic mass is 15.2. The number of hydrogen-bond acceptors (Lipinski definition) is 3. The average molecular weight is 243 g/mol. The van der Waals surface area contributed by atoms with Gasteiger partial charge in [-0.1, -0.05) is 6.07 Å². The lowest BCUT2D eigenvalue weighted by Gasteiger charge is -2.40. The molecule has 0 aromatic heterocycles. The molecule has 1 aromatic carbocycles. The molecule has 18 heavy (non-hydrogen) atoms. The summed E-state index contributed by atoms with van der Waals surface area (Å²) in [6.07, 6.45) is 0.577. The summed E-state index contributed by atoms with van der Waals surface area (Å²) in [5, 5.41) is 12.2. The minimum Gasteiger partial charge on any atom is -0.366 e. The van der Waals surface area contributed by atoms with Crippen LogP contribution in [0, 0.1) is 25.2 Å². The number of piperazine rings is 1. The zero-order chi connectivity index (χ0) is 13.1. The molecule has 3 heteroatoms. The second kappa shape index (κ2) is 5.41. The van der Waals surface area contributed by atoms with Crippen molar-refractivity contribution >= 4 is 5.69 Å². The zero-order valence-electron chi connectivity index (χ0n) is 11.4. The number of aryl methyl sites for hydroxylation is 2. The van der Waals surface area contributed by atoms with Crippen molar-refractivity contribution in [1.82, 2.24) is 5.32 Å². The monoisotopic (exact) mass is 243 g/mol. The van der Waals surface area contributed by atoms with Crippen LogP contribution in [0.2, 0.25) is 0 Å². The lowest BCUT2D eigenvalue weighted by Crippen LogP contribution is -2.55. The number of nitrogens with one attached hydrogen (secondary N) is 1. The van der Waals surface area contributed by atoms with E-state index >= 15 is 0 Å². The largest absolute Gasteiger partial charge is 0.366 e. The smallest absolute Gasteiger partial charge is 0.0638 e. The van der Waals surface area contributed by atoms with Crippen LogP contribution in [0.3, 0.4) is 0 Å².